The van der Waals surface area contributed by atoms with Crippen LogP contribution in [0.15, 0.2) is 17.2 Å². The minimum atomic E-state index is -0.204. The van der Waals surface area contributed by atoms with Gasteiger partial charge in [-0.1, -0.05) is 0 Å². The van der Waals surface area contributed by atoms with Crippen molar-refractivity contribution in [3.63, 3.8) is 0 Å². The first-order chi connectivity index (χ1) is 6.20. The lowest BCUT2D eigenvalue weighted by molar-refractivity contribution is 0.836. The van der Waals surface area contributed by atoms with Crippen LogP contribution in [0, 0.1) is 0 Å². The van der Waals surface area contributed by atoms with Crippen LogP contribution in [-0.2, 0) is 0 Å². The van der Waals surface area contributed by atoms with Gasteiger partial charge < -0.3 is 10.3 Å². The van der Waals surface area contributed by atoms with Crippen LogP contribution in [0.1, 0.15) is 13.3 Å². The summed E-state index contributed by atoms with van der Waals surface area (Å²) >= 11 is 5.74. The molecule has 0 saturated carbocycles. The molecular weight excluding hydrogens is 190 g/mol. The van der Waals surface area contributed by atoms with E-state index in [1.807, 2.05) is 6.92 Å². The molecule has 0 aliphatic carbocycles. The smallest absolute Gasteiger partial charge is 0.290 e. The Labute approximate surface area is 81.3 Å². The largest absolute Gasteiger partial charge is 0.365 e. The molecule has 1 atom stereocenters. The molecular formula is C8H12ClN3O. The number of anilines is 1. The molecule has 0 aromatic carbocycles. The van der Waals surface area contributed by atoms with Crippen molar-refractivity contribution in [2.45, 2.75) is 18.7 Å². The number of alkyl halides is 1. The number of nitrogens with one attached hydrogen (secondary N) is 2. The lowest BCUT2D eigenvalue weighted by Crippen LogP contribution is -2.17. The lowest BCUT2D eigenvalue weighted by atomic mass is 10.3. The third kappa shape index (κ3) is 3.46. The van der Waals surface area contributed by atoms with Gasteiger partial charge in [0.15, 0.2) is 5.82 Å². The number of halogens is 1. The average Bonchev–Trinajstić information content (AvgIpc) is 2.08. The van der Waals surface area contributed by atoms with Gasteiger partial charge in [-0.25, -0.2) is 4.98 Å². The monoisotopic (exact) mass is 201 g/mol. The third-order valence-corrected chi connectivity index (χ3v) is 1.76. The maximum Gasteiger partial charge on any atom is 0.290 e. The van der Waals surface area contributed by atoms with E-state index in [1.54, 1.807) is 0 Å². The fourth-order valence-electron chi connectivity index (χ4n) is 0.867. The van der Waals surface area contributed by atoms with Crippen LogP contribution in [-0.4, -0.2) is 21.9 Å². The Morgan fingerprint density at radius 2 is 2.54 bits per heavy atom. The summed E-state index contributed by atoms with van der Waals surface area (Å²) in [5, 5.41) is 3.01. The number of rotatable bonds is 4. The number of hydrogen-bond donors (Lipinski definition) is 2. The highest BCUT2D eigenvalue weighted by Crippen LogP contribution is 1.99. The SMILES string of the molecule is CC(Cl)CCNc1ncc[nH]c1=O. The van der Waals surface area contributed by atoms with E-state index >= 15 is 0 Å². The number of aromatic nitrogens is 2. The Morgan fingerprint density at radius 3 is 3.15 bits per heavy atom. The normalized spacial score (nSPS) is 12.5. The van der Waals surface area contributed by atoms with Crippen LogP contribution >= 0.6 is 11.6 Å². The van der Waals surface area contributed by atoms with Crippen LogP contribution in [0.2, 0.25) is 0 Å². The molecule has 0 fully saturated rings. The Morgan fingerprint density at radius 1 is 1.77 bits per heavy atom. The summed E-state index contributed by atoms with van der Waals surface area (Å²) in [5.41, 5.74) is -0.204. The van der Waals surface area contributed by atoms with Gasteiger partial charge in [0.1, 0.15) is 0 Å². The predicted octanol–water partition coefficient (Wildman–Crippen LogP) is 1.20. The zero-order chi connectivity index (χ0) is 9.68. The minimum Gasteiger partial charge on any atom is -0.365 e. The molecule has 5 heteroatoms. The van der Waals surface area contributed by atoms with Crippen molar-refractivity contribution in [3.05, 3.63) is 22.7 Å². The molecule has 1 aromatic heterocycles. The van der Waals surface area contributed by atoms with Crippen LogP contribution in [0.3, 0.4) is 0 Å². The lowest BCUT2D eigenvalue weighted by Gasteiger charge is -2.04. The Hall–Kier alpha value is -1.03. The van der Waals surface area contributed by atoms with Crippen molar-refractivity contribution in [2.75, 3.05) is 11.9 Å². The van der Waals surface area contributed by atoms with E-state index < -0.39 is 0 Å². The van der Waals surface area contributed by atoms with Gasteiger partial charge in [-0.3, -0.25) is 4.79 Å². The van der Waals surface area contributed by atoms with E-state index in [0.29, 0.717) is 12.4 Å². The highest BCUT2D eigenvalue weighted by molar-refractivity contribution is 6.20. The van der Waals surface area contributed by atoms with Crippen LogP contribution < -0.4 is 10.9 Å². The summed E-state index contributed by atoms with van der Waals surface area (Å²) in [4.78, 5) is 17.5. The molecule has 1 heterocycles. The number of hydrogen-bond acceptors (Lipinski definition) is 3. The van der Waals surface area contributed by atoms with Crippen molar-refractivity contribution in [1.82, 2.24) is 9.97 Å². The summed E-state index contributed by atoms with van der Waals surface area (Å²) in [6, 6.07) is 0. The quantitative estimate of drug-likeness (QED) is 0.720. The molecule has 13 heavy (non-hydrogen) atoms. The molecule has 0 aliphatic rings. The van der Waals surface area contributed by atoms with Gasteiger partial charge in [0, 0.05) is 24.3 Å². The van der Waals surface area contributed by atoms with Crippen molar-refractivity contribution < 1.29 is 0 Å². The zero-order valence-electron chi connectivity index (χ0n) is 7.38. The van der Waals surface area contributed by atoms with Crippen LogP contribution in [0.25, 0.3) is 0 Å². The second-order valence-corrected chi connectivity index (χ2v) is 3.51. The molecule has 0 aliphatic heterocycles. The first kappa shape index (κ1) is 10.1. The molecule has 2 N–H and O–H groups in total. The van der Waals surface area contributed by atoms with Crippen molar-refractivity contribution in [3.8, 4) is 0 Å². The van der Waals surface area contributed by atoms with Crippen LogP contribution in [0.4, 0.5) is 5.82 Å². The van der Waals surface area contributed by atoms with E-state index in [1.165, 1.54) is 12.4 Å². The van der Waals surface area contributed by atoms with E-state index in [0.717, 1.165) is 6.42 Å². The van der Waals surface area contributed by atoms with Gasteiger partial charge in [-0.15, -0.1) is 11.6 Å². The Balaban J connectivity index is 2.46. The molecule has 0 radical (unpaired) electrons. The first-order valence-electron chi connectivity index (χ1n) is 4.12. The Bertz CT molecular complexity index is 310. The average molecular weight is 202 g/mol. The topological polar surface area (TPSA) is 57.8 Å². The van der Waals surface area contributed by atoms with E-state index in [9.17, 15) is 4.79 Å². The highest BCUT2D eigenvalue weighted by atomic mass is 35.5. The summed E-state index contributed by atoms with van der Waals surface area (Å²) in [6.07, 6.45) is 3.84. The van der Waals surface area contributed by atoms with Gasteiger partial charge in [0.2, 0.25) is 0 Å². The van der Waals surface area contributed by atoms with Gasteiger partial charge in [0.05, 0.1) is 0 Å². The van der Waals surface area contributed by atoms with E-state index in [-0.39, 0.29) is 10.9 Å². The molecule has 72 valence electrons. The molecule has 1 rings (SSSR count). The fraction of sp³-hybridized carbons (Fsp3) is 0.500. The first-order valence-corrected chi connectivity index (χ1v) is 4.55. The molecule has 0 bridgehead atoms. The van der Waals surface area contributed by atoms with E-state index in [4.69, 9.17) is 11.6 Å². The van der Waals surface area contributed by atoms with E-state index in [2.05, 4.69) is 15.3 Å². The zero-order valence-corrected chi connectivity index (χ0v) is 8.14. The van der Waals surface area contributed by atoms with Gasteiger partial charge in [0.25, 0.3) is 5.56 Å². The van der Waals surface area contributed by atoms with Gasteiger partial charge >= 0.3 is 0 Å². The second kappa shape index (κ2) is 4.87. The molecule has 4 nitrogen and oxygen atoms in total. The summed E-state index contributed by atoms with van der Waals surface area (Å²) < 4.78 is 0. The van der Waals surface area contributed by atoms with Crippen molar-refractivity contribution >= 4 is 17.4 Å². The van der Waals surface area contributed by atoms with Gasteiger partial charge in [-0.05, 0) is 13.3 Å². The summed E-state index contributed by atoms with van der Waals surface area (Å²) in [6.45, 7) is 2.57. The van der Waals surface area contributed by atoms with Crippen LogP contribution in [0.5, 0.6) is 0 Å². The van der Waals surface area contributed by atoms with Crippen molar-refractivity contribution in [2.24, 2.45) is 0 Å². The standard InChI is InChI=1S/C8H12ClN3O/c1-6(9)2-3-10-7-8(13)12-5-4-11-7/h4-6H,2-3H2,1H3,(H,10,11)(H,12,13). The minimum absolute atomic E-state index is 0.107. The molecule has 1 unspecified atom stereocenters. The second-order valence-electron chi connectivity index (χ2n) is 2.76. The summed E-state index contributed by atoms with van der Waals surface area (Å²) in [5.74, 6) is 0.347. The maximum absolute atomic E-state index is 11.1. The maximum atomic E-state index is 11.1. The predicted molar refractivity (Wildman–Crippen MR) is 53.3 cm³/mol. The fourth-order valence-corrected chi connectivity index (χ4v) is 0.976. The third-order valence-electron chi connectivity index (χ3n) is 1.54. The molecule has 1 aromatic rings. The molecule has 0 saturated heterocycles. The van der Waals surface area contributed by atoms with Crippen molar-refractivity contribution in [1.29, 1.82) is 0 Å². The number of nitrogens with zero attached hydrogens (tertiary/aromatic N) is 1. The molecule has 0 amide bonds. The Kier molecular flexibility index (Phi) is 3.76. The number of aromatic amines is 1. The van der Waals surface area contributed by atoms with Gasteiger partial charge in [-0.2, -0.15) is 0 Å². The summed E-state index contributed by atoms with van der Waals surface area (Å²) in [7, 11) is 0. The number of H-pyrrole nitrogens is 1. The highest BCUT2D eigenvalue weighted by Gasteiger charge is 1.99. The molecule has 0 spiro atoms.